The number of nitrogen functional groups attached to an aromatic ring is 1. The van der Waals surface area contributed by atoms with Crippen molar-refractivity contribution in [1.82, 2.24) is 5.10 Å². The van der Waals surface area contributed by atoms with Crippen molar-refractivity contribution in [2.75, 3.05) is 5.73 Å². The number of nitrogens with two attached hydrogens (primary N) is 2. The summed E-state index contributed by atoms with van der Waals surface area (Å²) in [5.74, 6) is 0.314. The molecule has 0 radical (unpaired) electrons. The Labute approximate surface area is 118 Å². The quantitative estimate of drug-likeness (QED) is 0.801. The molecule has 1 aromatic heterocycles. The van der Waals surface area contributed by atoms with E-state index < -0.39 is 0 Å². The highest BCUT2D eigenvalue weighted by molar-refractivity contribution is 5.73. The van der Waals surface area contributed by atoms with Crippen molar-refractivity contribution in [3.05, 3.63) is 42.0 Å². The normalized spacial score (nSPS) is 10.4. The Morgan fingerprint density at radius 3 is 2.65 bits per heavy atom. The molecule has 1 aromatic carbocycles. The van der Waals surface area contributed by atoms with Gasteiger partial charge in [-0.15, -0.1) is 4.68 Å². The SMILES string of the molecule is Cc1cc(-c2ccccc2)n[n+](CCCC(N)=O)c1N. The Hall–Kier alpha value is -2.43. The number of primary amides is 1. The number of nitrogens with zero attached hydrogens (tertiary/aromatic N) is 2. The number of rotatable bonds is 5. The number of carbonyl (C=O) groups is 1. The van der Waals surface area contributed by atoms with E-state index in [1.807, 2.05) is 43.3 Å². The Kier molecular flexibility index (Phi) is 4.30. The van der Waals surface area contributed by atoms with Gasteiger partial charge in [0, 0.05) is 17.5 Å². The lowest BCUT2D eigenvalue weighted by Crippen LogP contribution is -2.42. The van der Waals surface area contributed by atoms with Gasteiger partial charge in [0.15, 0.2) is 0 Å². The second-order valence-electron chi connectivity index (χ2n) is 4.76. The van der Waals surface area contributed by atoms with Gasteiger partial charge < -0.3 is 5.73 Å². The zero-order chi connectivity index (χ0) is 14.5. The highest BCUT2D eigenvalue weighted by atomic mass is 16.1. The van der Waals surface area contributed by atoms with Crippen molar-refractivity contribution in [1.29, 1.82) is 0 Å². The zero-order valence-corrected chi connectivity index (χ0v) is 11.5. The molecule has 5 nitrogen and oxygen atoms in total. The van der Waals surface area contributed by atoms with Crippen LogP contribution in [0.3, 0.4) is 0 Å². The molecule has 0 fully saturated rings. The van der Waals surface area contributed by atoms with E-state index in [9.17, 15) is 4.79 Å². The number of amides is 1. The number of benzene rings is 1. The highest BCUT2D eigenvalue weighted by Gasteiger charge is 2.13. The first-order chi connectivity index (χ1) is 9.58. The third kappa shape index (κ3) is 3.32. The van der Waals surface area contributed by atoms with E-state index >= 15 is 0 Å². The second kappa shape index (κ2) is 6.14. The van der Waals surface area contributed by atoms with E-state index in [0.717, 1.165) is 16.8 Å². The van der Waals surface area contributed by atoms with Crippen molar-refractivity contribution in [3.63, 3.8) is 0 Å². The maximum atomic E-state index is 10.8. The molecule has 2 aromatic rings. The van der Waals surface area contributed by atoms with E-state index in [-0.39, 0.29) is 5.91 Å². The summed E-state index contributed by atoms with van der Waals surface area (Å²) >= 11 is 0. The van der Waals surface area contributed by atoms with Gasteiger partial charge in [-0.05, 0) is 19.4 Å². The van der Waals surface area contributed by atoms with Gasteiger partial charge in [-0.25, -0.2) is 0 Å². The predicted molar refractivity (Wildman–Crippen MR) is 77.4 cm³/mol. The van der Waals surface area contributed by atoms with Crippen molar-refractivity contribution in [2.24, 2.45) is 5.73 Å². The van der Waals surface area contributed by atoms with Crippen molar-refractivity contribution in [2.45, 2.75) is 26.3 Å². The number of hydrogen-bond donors (Lipinski definition) is 2. The molecule has 0 saturated heterocycles. The van der Waals surface area contributed by atoms with Gasteiger partial charge >= 0.3 is 0 Å². The summed E-state index contributed by atoms with van der Waals surface area (Å²) in [5.41, 5.74) is 14.1. The van der Waals surface area contributed by atoms with Crippen molar-refractivity contribution >= 4 is 11.7 Å². The lowest BCUT2D eigenvalue weighted by Gasteiger charge is -2.07. The average Bonchev–Trinajstić information content (AvgIpc) is 2.44. The number of anilines is 1. The topological polar surface area (TPSA) is 85.9 Å². The predicted octanol–water partition coefficient (Wildman–Crippen LogP) is 1.19. The standard InChI is InChI=1S/C15H18N4O/c1-11-10-13(12-6-3-2-4-7-12)18-19(15(11)17)9-5-8-14(16)20/h2-4,6-7,10,17H,5,8-9H2,1H3,(H2,16,20)/p+1. The molecule has 0 saturated carbocycles. The van der Waals surface area contributed by atoms with Gasteiger partial charge in [0.1, 0.15) is 12.2 Å². The van der Waals surface area contributed by atoms with Crippen LogP contribution in [0.25, 0.3) is 11.3 Å². The Morgan fingerprint density at radius 2 is 2.00 bits per heavy atom. The third-order valence-electron chi connectivity index (χ3n) is 3.13. The maximum Gasteiger partial charge on any atom is 0.295 e. The molecule has 0 aliphatic rings. The zero-order valence-electron chi connectivity index (χ0n) is 11.5. The molecule has 20 heavy (non-hydrogen) atoms. The van der Waals surface area contributed by atoms with Gasteiger partial charge in [-0.1, -0.05) is 35.4 Å². The van der Waals surface area contributed by atoms with Gasteiger partial charge in [-0.3, -0.25) is 10.5 Å². The van der Waals surface area contributed by atoms with E-state index in [0.29, 0.717) is 25.2 Å². The van der Waals surface area contributed by atoms with Crippen molar-refractivity contribution < 1.29 is 9.48 Å². The van der Waals surface area contributed by atoms with Crippen LogP contribution in [0.2, 0.25) is 0 Å². The minimum atomic E-state index is -0.305. The van der Waals surface area contributed by atoms with E-state index in [4.69, 9.17) is 11.5 Å². The number of carbonyl (C=O) groups excluding carboxylic acids is 1. The first kappa shape index (κ1) is 14.0. The summed E-state index contributed by atoms with van der Waals surface area (Å²) in [6, 6.07) is 11.9. The van der Waals surface area contributed by atoms with Crippen molar-refractivity contribution in [3.8, 4) is 11.3 Å². The second-order valence-corrected chi connectivity index (χ2v) is 4.76. The number of aromatic nitrogens is 2. The number of hydrogen-bond acceptors (Lipinski definition) is 3. The molecule has 1 amide bonds. The van der Waals surface area contributed by atoms with E-state index in [1.165, 1.54) is 0 Å². The van der Waals surface area contributed by atoms with Gasteiger partial charge in [0.05, 0.1) is 0 Å². The van der Waals surface area contributed by atoms with Crippen LogP contribution >= 0.6 is 0 Å². The number of aryl methyl sites for hydroxylation is 2. The first-order valence-corrected chi connectivity index (χ1v) is 6.59. The van der Waals surface area contributed by atoms with Crippen LogP contribution in [0, 0.1) is 6.92 Å². The van der Waals surface area contributed by atoms with Crippen LogP contribution in [0.5, 0.6) is 0 Å². The largest absolute Gasteiger partial charge is 0.370 e. The molecule has 104 valence electrons. The first-order valence-electron chi connectivity index (χ1n) is 6.59. The van der Waals surface area contributed by atoms with Crippen LogP contribution in [-0.4, -0.2) is 11.0 Å². The Balaban J connectivity index is 2.28. The fourth-order valence-electron chi connectivity index (χ4n) is 2.02. The Bertz CT molecular complexity index is 611. The van der Waals surface area contributed by atoms with Crippen LogP contribution in [-0.2, 0) is 11.3 Å². The minimum Gasteiger partial charge on any atom is -0.370 e. The fraction of sp³-hybridized carbons (Fsp3) is 0.267. The summed E-state index contributed by atoms with van der Waals surface area (Å²) in [6.07, 6.45) is 0.970. The molecule has 0 unspecified atom stereocenters. The molecule has 0 aliphatic heterocycles. The maximum absolute atomic E-state index is 10.8. The third-order valence-corrected chi connectivity index (χ3v) is 3.13. The average molecular weight is 271 g/mol. The van der Waals surface area contributed by atoms with Gasteiger partial charge in [-0.2, -0.15) is 0 Å². The Morgan fingerprint density at radius 1 is 1.30 bits per heavy atom. The van der Waals surface area contributed by atoms with Crippen LogP contribution in [0.1, 0.15) is 18.4 Å². The van der Waals surface area contributed by atoms with Crippen LogP contribution < -0.4 is 16.1 Å². The molecule has 0 aliphatic carbocycles. The van der Waals surface area contributed by atoms with E-state index in [1.54, 1.807) is 4.68 Å². The molecule has 1 heterocycles. The summed E-state index contributed by atoms with van der Waals surface area (Å²) in [7, 11) is 0. The monoisotopic (exact) mass is 271 g/mol. The molecule has 5 heteroatoms. The molecule has 0 atom stereocenters. The minimum absolute atomic E-state index is 0.305. The highest BCUT2D eigenvalue weighted by Crippen LogP contribution is 2.17. The summed E-state index contributed by atoms with van der Waals surface area (Å²) in [4.78, 5) is 10.8. The smallest absolute Gasteiger partial charge is 0.295 e. The van der Waals surface area contributed by atoms with Crippen LogP contribution in [0.4, 0.5) is 5.82 Å². The molecule has 4 N–H and O–H groups in total. The molecular weight excluding hydrogens is 252 g/mol. The fourth-order valence-corrected chi connectivity index (χ4v) is 2.02. The van der Waals surface area contributed by atoms with Gasteiger partial charge in [0.25, 0.3) is 5.82 Å². The summed E-state index contributed by atoms with van der Waals surface area (Å²) < 4.78 is 1.74. The summed E-state index contributed by atoms with van der Waals surface area (Å²) in [5, 5.41) is 4.54. The summed E-state index contributed by atoms with van der Waals surface area (Å²) in [6.45, 7) is 2.53. The molecular formula is C15H19N4O+. The molecule has 0 spiro atoms. The van der Waals surface area contributed by atoms with Crippen LogP contribution in [0.15, 0.2) is 36.4 Å². The molecule has 2 rings (SSSR count). The lowest BCUT2D eigenvalue weighted by molar-refractivity contribution is -0.740. The van der Waals surface area contributed by atoms with Gasteiger partial charge in [0.2, 0.25) is 5.91 Å². The molecule has 0 bridgehead atoms. The van der Waals surface area contributed by atoms with E-state index in [2.05, 4.69) is 5.10 Å². The lowest BCUT2D eigenvalue weighted by atomic mass is 10.1.